The quantitative estimate of drug-likeness (QED) is 0.907. The maximum atomic E-state index is 13.6. The number of carbonyl (C=O) groups is 1. The fourth-order valence-electron chi connectivity index (χ4n) is 2.88. The molecule has 108 valence electrons. The van der Waals surface area contributed by atoms with Crippen LogP contribution in [0.4, 0.5) is 4.39 Å². The second kappa shape index (κ2) is 5.69. The third-order valence-electron chi connectivity index (χ3n) is 3.99. The molecule has 2 aliphatic heterocycles. The van der Waals surface area contributed by atoms with Crippen LogP contribution in [-0.4, -0.2) is 43.6 Å². The zero-order chi connectivity index (χ0) is 14.1. The van der Waals surface area contributed by atoms with Crippen LogP contribution in [0.1, 0.15) is 0 Å². The highest BCUT2D eigenvalue weighted by Crippen LogP contribution is 2.26. The van der Waals surface area contributed by atoms with Crippen LogP contribution < -0.4 is 10.1 Å². The van der Waals surface area contributed by atoms with E-state index in [-0.39, 0.29) is 18.3 Å². The predicted molar refractivity (Wildman–Crippen MR) is 76.0 cm³/mol. The smallest absolute Gasteiger partial charge is 0.260 e. The summed E-state index contributed by atoms with van der Waals surface area (Å²) in [5, 5.41) is 3.33. The van der Waals surface area contributed by atoms with Crippen molar-refractivity contribution in [2.75, 3.05) is 32.8 Å². The van der Waals surface area contributed by atoms with Gasteiger partial charge < -0.3 is 15.0 Å². The van der Waals surface area contributed by atoms with Crippen molar-refractivity contribution in [3.05, 3.63) is 28.5 Å². The Morgan fingerprint density at radius 1 is 1.40 bits per heavy atom. The van der Waals surface area contributed by atoms with E-state index in [1.54, 1.807) is 6.07 Å². The Kier molecular flexibility index (Phi) is 3.94. The van der Waals surface area contributed by atoms with Crippen LogP contribution in [0.3, 0.4) is 0 Å². The molecule has 0 spiro atoms. The molecule has 2 aliphatic rings. The molecule has 0 radical (unpaired) electrons. The van der Waals surface area contributed by atoms with Gasteiger partial charge in [0.25, 0.3) is 5.91 Å². The van der Waals surface area contributed by atoms with E-state index in [0.717, 1.165) is 26.2 Å². The lowest BCUT2D eigenvalue weighted by Gasteiger charge is -2.17. The van der Waals surface area contributed by atoms with Crippen LogP contribution >= 0.6 is 15.9 Å². The van der Waals surface area contributed by atoms with E-state index in [2.05, 4.69) is 21.2 Å². The monoisotopic (exact) mass is 342 g/mol. The summed E-state index contributed by atoms with van der Waals surface area (Å²) in [5.74, 6) is 0.700. The number of nitrogens with one attached hydrogen (secondary N) is 1. The average molecular weight is 343 g/mol. The summed E-state index contributed by atoms with van der Waals surface area (Å²) in [6, 6.07) is 4.54. The molecule has 2 atom stereocenters. The Balaban J connectivity index is 1.54. The molecule has 0 unspecified atom stereocenters. The van der Waals surface area contributed by atoms with Crippen LogP contribution in [0, 0.1) is 17.7 Å². The largest absolute Gasteiger partial charge is 0.481 e. The van der Waals surface area contributed by atoms with E-state index in [1.807, 2.05) is 4.90 Å². The number of likely N-dealkylation sites (tertiary alicyclic amines) is 1. The van der Waals surface area contributed by atoms with E-state index in [0.29, 0.717) is 16.3 Å². The lowest BCUT2D eigenvalue weighted by Crippen LogP contribution is -2.35. The van der Waals surface area contributed by atoms with Crippen LogP contribution in [0.25, 0.3) is 0 Å². The Bertz CT molecular complexity index is 514. The predicted octanol–water partition coefficient (Wildman–Crippen LogP) is 1.64. The molecule has 1 aromatic carbocycles. The molecule has 3 rings (SSSR count). The molecule has 2 heterocycles. The molecule has 1 amide bonds. The van der Waals surface area contributed by atoms with Gasteiger partial charge in [-0.05, 0) is 30.0 Å². The molecule has 0 bridgehead atoms. The SMILES string of the molecule is O=C(COc1ccc(Br)cc1F)N1C[C@H]2CNC[C@H]2C1. The van der Waals surface area contributed by atoms with Crippen molar-refractivity contribution in [1.29, 1.82) is 0 Å². The van der Waals surface area contributed by atoms with Gasteiger partial charge in [0.2, 0.25) is 0 Å². The second-order valence-corrected chi connectivity index (χ2v) is 6.26. The molecule has 2 fully saturated rings. The summed E-state index contributed by atoms with van der Waals surface area (Å²) in [6.45, 7) is 3.42. The van der Waals surface area contributed by atoms with Gasteiger partial charge in [0, 0.05) is 30.7 Å². The number of amides is 1. The summed E-state index contributed by atoms with van der Waals surface area (Å²) in [6.07, 6.45) is 0. The molecular weight excluding hydrogens is 327 g/mol. The van der Waals surface area contributed by atoms with Gasteiger partial charge in [-0.25, -0.2) is 4.39 Å². The average Bonchev–Trinajstić information content (AvgIpc) is 2.98. The van der Waals surface area contributed by atoms with E-state index in [4.69, 9.17) is 4.74 Å². The first kappa shape index (κ1) is 13.8. The van der Waals surface area contributed by atoms with E-state index < -0.39 is 5.82 Å². The van der Waals surface area contributed by atoms with Gasteiger partial charge in [-0.15, -0.1) is 0 Å². The number of carbonyl (C=O) groups excluding carboxylic acids is 1. The summed E-state index contributed by atoms with van der Waals surface area (Å²) in [5.41, 5.74) is 0. The van der Waals surface area contributed by atoms with Gasteiger partial charge in [-0.1, -0.05) is 15.9 Å². The second-order valence-electron chi connectivity index (χ2n) is 5.34. The van der Waals surface area contributed by atoms with Gasteiger partial charge in [-0.3, -0.25) is 4.79 Å². The van der Waals surface area contributed by atoms with Crippen molar-refractivity contribution in [2.45, 2.75) is 0 Å². The fourth-order valence-corrected chi connectivity index (χ4v) is 3.22. The number of nitrogens with zero attached hydrogens (tertiary/aromatic N) is 1. The molecule has 20 heavy (non-hydrogen) atoms. The molecule has 0 aliphatic carbocycles. The van der Waals surface area contributed by atoms with Crippen molar-refractivity contribution >= 4 is 21.8 Å². The van der Waals surface area contributed by atoms with Crippen molar-refractivity contribution in [2.24, 2.45) is 11.8 Å². The van der Waals surface area contributed by atoms with E-state index >= 15 is 0 Å². The van der Waals surface area contributed by atoms with Crippen molar-refractivity contribution in [3.63, 3.8) is 0 Å². The summed E-state index contributed by atoms with van der Waals surface area (Å²) < 4.78 is 19.5. The summed E-state index contributed by atoms with van der Waals surface area (Å²) >= 11 is 3.18. The first-order chi connectivity index (χ1) is 9.63. The lowest BCUT2D eigenvalue weighted by atomic mass is 10.0. The Morgan fingerprint density at radius 2 is 2.10 bits per heavy atom. The molecular formula is C14H16BrFN2O2. The van der Waals surface area contributed by atoms with Crippen molar-refractivity contribution in [3.8, 4) is 5.75 Å². The lowest BCUT2D eigenvalue weighted by molar-refractivity contribution is -0.132. The highest BCUT2D eigenvalue weighted by atomic mass is 79.9. The minimum absolute atomic E-state index is 0.0679. The normalized spacial score (nSPS) is 24.8. The first-order valence-electron chi connectivity index (χ1n) is 6.70. The highest BCUT2D eigenvalue weighted by molar-refractivity contribution is 9.10. The van der Waals surface area contributed by atoms with E-state index in [9.17, 15) is 9.18 Å². The number of hydrogen-bond donors (Lipinski definition) is 1. The highest BCUT2D eigenvalue weighted by Gasteiger charge is 2.38. The number of benzene rings is 1. The summed E-state index contributed by atoms with van der Waals surface area (Å²) in [4.78, 5) is 13.9. The molecule has 1 aromatic rings. The fraction of sp³-hybridized carbons (Fsp3) is 0.500. The zero-order valence-electron chi connectivity index (χ0n) is 10.9. The number of ether oxygens (including phenoxy) is 1. The minimum Gasteiger partial charge on any atom is -0.481 e. The maximum Gasteiger partial charge on any atom is 0.260 e. The van der Waals surface area contributed by atoms with Crippen molar-refractivity contribution < 1.29 is 13.9 Å². The number of rotatable bonds is 3. The number of hydrogen-bond acceptors (Lipinski definition) is 3. The van der Waals surface area contributed by atoms with Gasteiger partial charge in [0.05, 0.1) is 0 Å². The third-order valence-corrected chi connectivity index (χ3v) is 4.48. The van der Waals surface area contributed by atoms with Crippen LogP contribution in [0.2, 0.25) is 0 Å². The molecule has 2 saturated heterocycles. The Morgan fingerprint density at radius 3 is 2.75 bits per heavy atom. The molecule has 6 heteroatoms. The third kappa shape index (κ3) is 2.81. The minimum atomic E-state index is -0.463. The Labute approximate surface area is 125 Å². The van der Waals surface area contributed by atoms with Crippen LogP contribution in [-0.2, 0) is 4.79 Å². The van der Waals surface area contributed by atoms with E-state index in [1.165, 1.54) is 12.1 Å². The topological polar surface area (TPSA) is 41.6 Å². The zero-order valence-corrected chi connectivity index (χ0v) is 12.5. The maximum absolute atomic E-state index is 13.6. The number of fused-ring (bicyclic) bond motifs is 1. The van der Waals surface area contributed by atoms with Gasteiger partial charge >= 0.3 is 0 Å². The molecule has 1 N–H and O–H groups in total. The van der Waals surface area contributed by atoms with Crippen molar-refractivity contribution in [1.82, 2.24) is 10.2 Å². The first-order valence-corrected chi connectivity index (χ1v) is 7.49. The summed E-state index contributed by atoms with van der Waals surface area (Å²) in [7, 11) is 0. The number of halogens is 2. The van der Waals surface area contributed by atoms with Gasteiger partial charge in [0.15, 0.2) is 18.2 Å². The standard InChI is InChI=1S/C14H16BrFN2O2/c15-11-1-2-13(12(16)3-11)20-8-14(19)18-6-9-4-17-5-10(9)7-18/h1-3,9-10,17H,4-8H2/t9-,10+. The van der Waals surface area contributed by atoms with Gasteiger partial charge in [0.1, 0.15) is 0 Å². The molecule has 0 saturated carbocycles. The van der Waals surface area contributed by atoms with Gasteiger partial charge in [-0.2, -0.15) is 0 Å². The Hall–Kier alpha value is -1.14. The van der Waals surface area contributed by atoms with Crippen LogP contribution in [0.5, 0.6) is 5.75 Å². The van der Waals surface area contributed by atoms with Crippen LogP contribution in [0.15, 0.2) is 22.7 Å². The molecule has 0 aromatic heterocycles. The molecule has 4 nitrogen and oxygen atoms in total.